The van der Waals surface area contributed by atoms with Gasteiger partial charge < -0.3 is 5.11 Å². The lowest BCUT2D eigenvalue weighted by Crippen LogP contribution is -2.44. The van der Waals surface area contributed by atoms with Crippen LogP contribution in [0.25, 0.3) is 0 Å². The Morgan fingerprint density at radius 2 is 1.85 bits per heavy atom. The van der Waals surface area contributed by atoms with Gasteiger partial charge in [-0.3, -0.25) is 0 Å². The van der Waals surface area contributed by atoms with Gasteiger partial charge >= 0.3 is 6.18 Å². The van der Waals surface area contributed by atoms with E-state index in [-0.39, 0.29) is 4.31 Å². The van der Waals surface area contributed by atoms with E-state index in [1.807, 2.05) is 0 Å². The van der Waals surface area contributed by atoms with Crippen LogP contribution in [-0.4, -0.2) is 43.7 Å². The number of hydrogen-bond acceptors (Lipinski definition) is 3. The van der Waals surface area contributed by atoms with Gasteiger partial charge in [0.25, 0.3) is 10.2 Å². The summed E-state index contributed by atoms with van der Waals surface area (Å²) in [6, 6.07) is 0. The zero-order valence-corrected chi connectivity index (χ0v) is 7.27. The van der Waals surface area contributed by atoms with Gasteiger partial charge in [-0.05, 0) is 0 Å². The van der Waals surface area contributed by atoms with Crippen molar-refractivity contribution in [3.05, 3.63) is 0 Å². The molecule has 0 aliphatic rings. The minimum absolute atomic E-state index is 0.0486. The summed E-state index contributed by atoms with van der Waals surface area (Å²) in [5, 5.41) is 12.7. The molecule has 0 heterocycles. The summed E-state index contributed by atoms with van der Waals surface area (Å²) in [5.74, 6) is 0. The van der Waals surface area contributed by atoms with Crippen LogP contribution in [0.1, 0.15) is 0 Å². The smallest absolute Gasteiger partial charge is 0.395 e. The molecule has 0 saturated carbocycles. The molecule has 0 radical (unpaired) electrons. The fourth-order valence-electron chi connectivity index (χ4n) is 0.608. The van der Waals surface area contributed by atoms with E-state index in [2.05, 4.69) is 5.14 Å². The Balaban J connectivity index is 4.46. The first-order valence-corrected chi connectivity index (χ1v) is 4.62. The summed E-state index contributed by atoms with van der Waals surface area (Å²) in [6.45, 7) is -3.07. The van der Waals surface area contributed by atoms with Gasteiger partial charge in [-0.2, -0.15) is 25.9 Å². The van der Waals surface area contributed by atoms with Crippen LogP contribution in [0.4, 0.5) is 13.2 Å². The number of nitrogens with two attached hydrogens (primary N) is 1. The van der Waals surface area contributed by atoms with Gasteiger partial charge in [-0.25, -0.2) is 5.14 Å². The second-order valence-corrected chi connectivity index (χ2v) is 3.76. The molecule has 0 aliphatic carbocycles. The predicted molar refractivity (Wildman–Crippen MR) is 37.8 cm³/mol. The highest BCUT2D eigenvalue weighted by molar-refractivity contribution is 7.86. The number of hydrogen-bond donors (Lipinski definition) is 2. The number of alkyl halides is 3. The fraction of sp³-hybridized carbons (Fsp3) is 1.00. The Morgan fingerprint density at radius 1 is 1.38 bits per heavy atom. The van der Waals surface area contributed by atoms with Gasteiger partial charge in [0, 0.05) is 6.54 Å². The van der Waals surface area contributed by atoms with Gasteiger partial charge in [-0.1, -0.05) is 0 Å². The van der Waals surface area contributed by atoms with E-state index in [0.29, 0.717) is 0 Å². The molecule has 0 spiro atoms. The Bertz CT molecular complexity index is 250. The van der Waals surface area contributed by atoms with Gasteiger partial charge in [0.1, 0.15) is 6.54 Å². The normalized spacial score (nSPS) is 13.7. The van der Waals surface area contributed by atoms with Crippen LogP contribution in [0.2, 0.25) is 0 Å². The third-order valence-corrected chi connectivity index (χ3v) is 2.10. The van der Waals surface area contributed by atoms with Crippen molar-refractivity contribution in [3.63, 3.8) is 0 Å². The van der Waals surface area contributed by atoms with E-state index in [1.165, 1.54) is 0 Å². The van der Waals surface area contributed by atoms with Crippen LogP contribution in [0.5, 0.6) is 0 Å². The van der Waals surface area contributed by atoms with E-state index in [0.717, 1.165) is 0 Å². The lowest BCUT2D eigenvalue weighted by atomic mass is 10.6. The third-order valence-electron chi connectivity index (χ3n) is 1.06. The molecule has 9 heteroatoms. The summed E-state index contributed by atoms with van der Waals surface area (Å²) in [4.78, 5) is 0. The first-order valence-electron chi connectivity index (χ1n) is 3.12. The van der Waals surface area contributed by atoms with Gasteiger partial charge in [-0.15, -0.1) is 0 Å². The van der Waals surface area contributed by atoms with E-state index in [1.54, 1.807) is 0 Å². The third kappa shape index (κ3) is 5.80. The summed E-state index contributed by atoms with van der Waals surface area (Å²) in [6.07, 6.45) is -4.67. The van der Waals surface area contributed by atoms with Crippen LogP contribution in [0.15, 0.2) is 0 Å². The predicted octanol–water partition coefficient (Wildman–Crippen LogP) is -0.953. The molecule has 0 aromatic rings. The van der Waals surface area contributed by atoms with E-state index >= 15 is 0 Å². The van der Waals surface area contributed by atoms with E-state index in [9.17, 15) is 21.6 Å². The van der Waals surface area contributed by atoms with Crippen molar-refractivity contribution in [3.8, 4) is 0 Å². The summed E-state index contributed by atoms with van der Waals surface area (Å²) >= 11 is 0. The maximum absolute atomic E-state index is 11.7. The van der Waals surface area contributed by atoms with Crippen LogP contribution < -0.4 is 5.14 Å². The quantitative estimate of drug-likeness (QED) is 0.643. The maximum Gasteiger partial charge on any atom is 0.402 e. The molecule has 0 fully saturated rings. The van der Waals surface area contributed by atoms with Crippen molar-refractivity contribution >= 4 is 10.2 Å². The minimum atomic E-state index is -4.67. The lowest BCUT2D eigenvalue weighted by molar-refractivity contribution is -0.136. The maximum atomic E-state index is 11.7. The molecule has 3 N–H and O–H groups in total. The highest BCUT2D eigenvalue weighted by atomic mass is 32.2. The molecule has 0 aromatic carbocycles. The molecular formula is C4H9F3N2O3S. The molecule has 0 amide bonds. The van der Waals surface area contributed by atoms with Crippen molar-refractivity contribution in [2.24, 2.45) is 5.14 Å². The van der Waals surface area contributed by atoms with Crippen LogP contribution in [-0.2, 0) is 10.2 Å². The monoisotopic (exact) mass is 222 g/mol. The van der Waals surface area contributed by atoms with Crippen molar-refractivity contribution in [1.82, 2.24) is 4.31 Å². The van der Waals surface area contributed by atoms with Crippen molar-refractivity contribution in [2.45, 2.75) is 6.18 Å². The first kappa shape index (κ1) is 12.6. The highest BCUT2D eigenvalue weighted by Crippen LogP contribution is 2.17. The number of rotatable bonds is 4. The first-order chi connectivity index (χ1) is 5.67. The SMILES string of the molecule is NS(=O)(=O)N(CCO)CC(F)(F)F. The number of aliphatic hydroxyl groups is 1. The van der Waals surface area contributed by atoms with E-state index in [4.69, 9.17) is 5.11 Å². The number of aliphatic hydroxyl groups excluding tert-OH is 1. The fourth-order valence-corrected chi connectivity index (χ4v) is 1.27. The lowest BCUT2D eigenvalue weighted by Gasteiger charge is -2.19. The van der Waals surface area contributed by atoms with Gasteiger partial charge in [0.15, 0.2) is 0 Å². The molecule has 0 unspecified atom stereocenters. The minimum Gasteiger partial charge on any atom is -0.395 e. The van der Waals surface area contributed by atoms with Gasteiger partial charge in [0.05, 0.1) is 6.61 Å². The standard InChI is InChI=1S/C4H9F3N2O3S/c5-4(6,7)3-9(1-2-10)13(8,11)12/h10H,1-3H2,(H2,8,11,12). The molecule has 0 aromatic heterocycles. The van der Waals surface area contributed by atoms with Crippen LogP contribution in [0.3, 0.4) is 0 Å². The molecule has 13 heavy (non-hydrogen) atoms. The topological polar surface area (TPSA) is 83.6 Å². The number of nitrogens with zero attached hydrogens (tertiary/aromatic N) is 1. The average molecular weight is 222 g/mol. The van der Waals surface area contributed by atoms with Crippen LogP contribution >= 0.6 is 0 Å². The molecule has 0 rings (SSSR count). The largest absolute Gasteiger partial charge is 0.402 e. The molecular weight excluding hydrogens is 213 g/mol. The second kappa shape index (κ2) is 4.22. The summed E-state index contributed by atoms with van der Waals surface area (Å²) in [7, 11) is -4.41. The van der Waals surface area contributed by atoms with Crippen molar-refractivity contribution < 1.29 is 26.7 Å². The van der Waals surface area contributed by atoms with Gasteiger partial charge in [0.2, 0.25) is 0 Å². The highest BCUT2D eigenvalue weighted by Gasteiger charge is 2.34. The molecule has 0 saturated heterocycles. The number of halogens is 3. The summed E-state index contributed by atoms with van der Waals surface area (Å²) in [5.41, 5.74) is 0. The average Bonchev–Trinajstić information content (AvgIpc) is 1.81. The van der Waals surface area contributed by atoms with Crippen molar-refractivity contribution in [1.29, 1.82) is 0 Å². The Kier molecular flexibility index (Phi) is 4.10. The molecule has 0 aliphatic heterocycles. The molecule has 5 nitrogen and oxygen atoms in total. The van der Waals surface area contributed by atoms with Crippen LogP contribution in [0, 0.1) is 0 Å². The molecule has 0 atom stereocenters. The second-order valence-electron chi connectivity index (χ2n) is 2.22. The molecule has 80 valence electrons. The van der Waals surface area contributed by atoms with Crippen molar-refractivity contribution in [2.75, 3.05) is 19.7 Å². The Labute approximate surface area is 73.1 Å². The Morgan fingerprint density at radius 3 is 2.08 bits per heavy atom. The summed E-state index contributed by atoms with van der Waals surface area (Å²) < 4.78 is 56.1. The Hall–Kier alpha value is -0.380. The van der Waals surface area contributed by atoms with E-state index < -0.39 is 36.1 Å². The zero-order chi connectivity index (χ0) is 10.7. The zero-order valence-electron chi connectivity index (χ0n) is 6.45. The molecule has 0 bridgehead atoms.